The summed E-state index contributed by atoms with van der Waals surface area (Å²) in [5.74, 6) is 0. The molecule has 2 aromatic heterocycles. The molecule has 0 bridgehead atoms. The number of aryl methyl sites for hydroxylation is 2. The van der Waals surface area contributed by atoms with E-state index in [1.54, 1.807) is 25.3 Å². The predicted octanol–water partition coefficient (Wildman–Crippen LogP) is 2.05. The summed E-state index contributed by atoms with van der Waals surface area (Å²) in [7, 11) is -3.62. The number of nitrogens with zero attached hydrogens (tertiary/aromatic N) is 1. The van der Waals surface area contributed by atoms with Crippen LogP contribution in [0.2, 0.25) is 0 Å². The van der Waals surface area contributed by atoms with E-state index in [1.165, 1.54) is 6.20 Å². The highest BCUT2D eigenvalue weighted by Crippen LogP contribution is 2.27. The summed E-state index contributed by atoms with van der Waals surface area (Å²) >= 11 is 1.07. The molecule has 102 valence electrons. The Bertz CT molecular complexity index is 693. The molecule has 5 nitrogen and oxygen atoms in total. The number of hydrogen-bond donors (Lipinski definition) is 2. The first-order valence-electron chi connectivity index (χ1n) is 5.57. The number of thiophene rings is 1. The highest BCUT2D eigenvalue weighted by Gasteiger charge is 2.19. The van der Waals surface area contributed by atoms with E-state index in [2.05, 4.69) is 9.71 Å². The number of aromatic nitrogens is 1. The maximum atomic E-state index is 12.2. The molecule has 0 amide bonds. The minimum Gasteiger partial charge on any atom is -0.391 e. The molecule has 2 aromatic rings. The lowest BCUT2D eigenvalue weighted by Gasteiger charge is -2.06. The first-order valence-corrected chi connectivity index (χ1v) is 7.87. The molecule has 0 aliphatic heterocycles. The lowest BCUT2D eigenvalue weighted by Crippen LogP contribution is -2.11. The fraction of sp³-hybridized carbons (Fsp3) is 0.250. The Balaban J connectivity index is 2.32. The summed E-state index contributed by atoms with van der Waals surface area (Å²) in [6.45, 7) is 3.46. The van der Waals surface area contributed by atoms with Crippen molar-refractivity contribution in [2.75, 3.05) is 4.72 Å². The zero-order chi connectivity index (χ0) is 14.0. The van der Waals surface area contributed by atoms with Gasteiger partial charge in [0, 0.05) is 11.1 Å². The van der Waals surface area contributed by atoms with Crippen molar-refractivity contribution < 1.29 is 13.5 Å². The summed E-state index contributed by atoms with van der Waals surface area (Å²) in [4.78, 5) is 4.59. The molecule has 0 atom stereocenters. The normalized spacial score (nSPS) is 11.5. The second-order valence-electron chi connectivity index (χ2n) is 4.19. The van der Waals surface area contributed by atoms with Gasteiger partial charge in [-0.2, -0.15) is 0 Å². The van der Waals surface area contributed by atoms with Gasteiger partial charge in [0.2, 0.25) is 0 Å². The SMILES string of the molecule is Cc1cncc(NS(=O)(=O)c2cc(C)c(CO)s2)c1. The standard InChI is InChI=1S/C12H14N2O3S2/c1-8-3-10(6-13-5-8)14-19(16,17)12-4-9(2)11(7-15)18-12/h3-6,14-15H,7H2,1-2H3. The largest absolute Gasteiger partial charge is 0.391 e. The number of sulfonamides is 1. The zero-order valence-electron chi connectivity index (χ0n) is 10.5. The second-order valence-corrected chi connectivity index (χ2v) is 7.23. The highest BCUT2D eigenvalue weighted by molar-refractivity contribution is 7.94. The third-order valence-corrected chi connectivity index (χ3v) is 5.61. The summed E-state index contributed by atoms with van der Waals surface area (Å²) in [6, 6.07) is 3.26. The molecule has 0 spiro atoms. The van der Waals surface area contributed by atoms with Crippen molar-refractivity contribution in [3.05, 3.63) is 40.5 Å². The topological polar surface area (TPSA) is 79.3 Å². The summed E-state index contributed by atoms with van der Waals surface area (Å²) in [6.07, 6.45) is 3.11. The summed E-state index contributed by atoms with van der Waals surface area (Å²) in [5, 5.41) is 9.11. The number of aliphatic hydroxyl groups excluding tert-OH is 1. The van der Waals surface area contributed by atoms with E-state index in [0.29, 0.717) is 10.6 Å². The van der Waals surface area contributed by atoms with Crippen LogP contribution in [-0.2, 0) is 16.6 Å². The lowest BCUT2D eigenvalue weighted by atomic mass is 10.3. The van der Waals surface area contributed by atoms with Crippen LogP contribution in [0.4, 0.5) is 5.69 Å². The molecule has 0 fully saturated rings. The molecule has 0 unspecified atom stereocenters. The van der Waals surface area contributed by atoms with Crippen LogP contribution < -0.4 is 4.72 Å². The van der Waals surface area contributed by atoms with Gasteiger partial charge in [-0.1, -0.05) is 0 Å². The van der Waals surface area contributed by atoms with Gasteiger partial charge in [0.25, 0.3) is 10.0 Å². The molecular weight excluding hydrogens is 284 g/mol. The number of nitrogens with one attached hydrogen (secondary N) is 1. The number of hydrogen-bond acceptors (Lipinski definition) is 5. The number of anilines is 1. The Kier molecular flexibility index (Phi) is 3.88. The third kappa shape index (κ3) is 3.12. The van der Waals surface area contributed by atoms with E-state index in [0.717, 1.165) is 22.5 Å². The molecule has 0 aromatic carbocycles. The Labute approximate surface area is 116 Å². The van der Waals surface area contributed by atoms with E-state index in [4.69, 9.17) is 5.11 Å². The highest BCUT2D eigenvalue weighted by atomic mass is 32.2. The van der Waals surface area contributed by atoms with E-state index in [-0.39, 0.29) is 10.8 Å². The van der Waals surface area contributed by atoms with E-state index in [9.17, 15) is 8.42 Å². The average molecular weight is 298 g/mol. The molecule has 7 heteroatoms. The van der Waals surface area contributed by atoms with Gasteiger partial charge in [0.15, 0.2) is 0 Å². The van der Waals surface area contributed by atoms with Gasteiger partial charge in [-0.05, 0) is 37.1 Å². The molecule has 0 aliphatic rings. The van der Waals surface area contributed by atoms with Crippen LogP contribution in [-0.4, -0.2) is 18.5 Å². The fourth-order valence-electron chi connectivity index (χ4n) is 1.59. The Morgan fingerprint density at radius 3 is 2.63 bits per heavy atom. The van der Waals surface area contributed by atoms with Gasteiger partial charge in [-0.3, -0.25) is 9.71 Å². The van der Waals surface area contributed by atoms with E-state index >= 15 is 0 Å². The van der Waals surface area contributed by atoms with Crippen molar-refractivity contribution in [1.82, 2.24) is 4.98 Å². The fourth-order valence-corrected chi connectivity index (χ4v) is 4.08. The third-order valence-electron chi connectivity index (χ3n) is 2.53. The second kappa shape index (κ2) is 5.28. The molecular formula is C12H14N2O3S2. The van der Waals surface area contributed by atoms with Crippen LogP contribution >= 0.6 is 11.3 Å². The van der Waals surface area contributed by atoms with Gasteiger partial charge in [-0.15, -0.1) is 11.3 Å². The number of aliphatic hydroxyl groups is 1. The van der Waals surface area contributed by atoms with Gasteiger partial charge in [0.1, 0.15) is 4.21 Å². The smallest absolute Gasteiger partial charge is 0.271 e. The maximum absolute atomic E-state index is 12.2. The first kappa shape index (κ1) is 14.0. The molecule has 0 saturated carbocycles. The minimum absolute atomic E-state index is 0.155. The van der Waals surface area contributed by atoms with Crippen molar-refractivity contribution in [2.45, 2.75) is 24.7 Å². The molecule has 2 heterocycles. The predicted molar refractivity (Wildman–Crippen MR) is 74.8 cm³/mol. The number of rotatable bonds is 4. The van der Waals surface area contributed by atoms with E-state index in [1.807, 2.05) is 6.92 Å². The maximum Gasteiger partial charge on any atom is 0.271 e. The molecule has 2 rings (SSSR count). The van der Waals surface area contributed by atoms with E-state index < -0.39 is 10.0 Å². The van der Waals surface area contributed by atoms with Crippen LogP contribution in [0.1, 0.15) is 16.0 Å². The Hall–Kier alpha value is -1.44. The van der Waals surface area contributed by atoms with Crippen LogP contribution in [0.25, 0.3) is 0 Å². The van der Waals surface area contributed by atoms with Crippen molar-refractivity contribution >= 4 is 27.0 Å². The summed E-state index contributed by atoms with van der Waals surface area (Å²) < 4.78 is 27.0. The lowest BCUT2D eigenvalue weighted by molar-refractivity contribution is 0.285. The average Bonchev–Trinajstić information content (AvgIpc) is 2.71. The van der Waals surface area contributed by atoms with Gasteiger partial charge < -0.3 is 5.11 Å². The van der Waals surface area contributed by atoms with Gasteiger partial charge >= 0.3 is 0 Å². The molecule has 19 heavy (non-hydrogen) atoms. The molecule has 2 N–H and O–H groups in total. The monoisotopic (exact) mass is 298 g/mol. The van der Waals surface area contributed by atoms with Crippen LogP contribution in [0, 0.1) is 13.8 Å². The first-order chi connectivity index (χ1) is 8.92. The van der Waals surface area contributed by atoms with Crippen LogP contribution in [0.15, 0.2) is 28.7 Å². The minimum atomic E-state index is -3.62. The van der Waals surface area contributed by atoms with Crippen molar-refractivity contribution in [3.63, 3.8) is 0 Å². The molecule has 0 saturated heterocycles. The summed E-state index contributed by atoms with van der Waals surface area (Å²) in [5.41, 5.74) is 2.07. The molecule has 0 aliphatic carbocycles. The van der Waals surface area contributed by atoms with Crippen LogP contribution in [0.5, 0.6) is 0 Å². The van der Waals surface area contributed by atoms with Gasteiger partial charge in [0.05, 0.1) is 18.5 Å². The van der Waals surface area contributed by atoms with Crippen LogP contribution in [0.3, 0.4) is 0 Å². The Morgan fingerprint density at radius 1 is 1.32 bits per heavy atom. The Morgan fingerprint density at radius 2 is 2.05 bits per heavy atom. The van der Waals surface area contributed by atoms with Crippen molar-refractivity contribution in [1.29, 1.82) is 0 Å². The quantitative estimate of drug-likeness (QED) is 0.905. The van der Waals surface area contributed by atoms with Crippen molar-refractivity contribution in [2.24, 2.45) is 0 Å². The van der Waals surface area contributed by atoms with Crippen molar-refractivity contribution in [3.8, 4) is 0 Å². The molecule has 0 radical (unpaired) electrons. The van der Waals surface area contributed by atoms with Gasteiger partial charge in [-0.25, -0.2) is 8.42 Å². The number of pyridine rings is 1. The zero-order valence-corrected chi connectivity index (χ0v) is 12.2.